The molecule has 40 heavy (non-hydrogen) atoms. The summed E-state index contributed by atoms with van der Waals surface area (Å²) < 4.78 is 7.81. The monoisotopic (exact) mass is 584 g/mol. The van der Waals surface area contributed by atoms with E-state index in [1.165, 1.54) is 5.57 Å². The van der Waals surface area contributed by atoms with Crippen LogP contribution in [0.15, 0.2) is 39.8 Å². The van der Waals surface area contributed by atoms with E-state index in [-0.39, 0.29) is 34.8 Å². The summed E-state index contributed by atoms with van der Waals surface area (Å²) in [6, 6.07) is 0.389. The summed E-state index contributed by atoms with van der Waals surface area (Å²) in [5, 5.41) is 13.4. The molecule has 3 rings (SSSR count). The van der Waals surface area contributed by atoms with Gasteiger partial charge in [-0.2, -0.15) is 0 Å². The van der Waals surface area contributed by atoms with Gasteiger partial charge in [-0.05, 0) is 61.8 Å². The number of rotatable bonds is 5. The number of aliphatic hydroxyl groups is 1. The highest BCUT2D eigenvalue weighted by atomic mass is 32.2. The number of aliphatic hydroxyl groups excluding tert-OH is 1. The molecular formula is C34H52N2O2S2. The van der Waals surface area contributed by atoms with Crippen LogP contribution in [0.1, 0.15) is 92.7 Å². The Morgan fingerprint density at radius 3 is 2.65 bits per heavy atom. The number of hydrogen-bond acceptors (Lipinski definition) is 6. The Bertz CT molecular complexity index is 1120. The van der Waals surface area contributed by atoms with Crippen molar-refractivity contribution in [1.82, 2.24) is 9.88 Å². The lowest BCUT2D eigenvalue weighted by atomic mass is 9.67. The fourth-order valence-electron chi connectivity index (χ4n) is 6.55. The molecule has 1 aromatic heterocycles. The molecule has 6 heteroatoms. The van der Waals surface area contributed by atoms with Gasteiger partial charge in [0.2, 0.25) is 0 Å². The predicted molar refractivity (Wildman–Crippen MR) is 173 cm³/mol. The van der Waals surface area contributed by atoms with Gasteiger partial charge in [0, 0.05) is 48.7 Å². The van der Waals surface area contributed by atoms with Crippen molar-refractivity contribution in [3.05, 3.63) is 41.1 Å². The van der Waals surface area contributed by atoms with Gasteiger partial charge in [-0.1, -0.05) is 71.5 Å². The number of terminal acetylenes is 1. The zero-order chi connectivity index (χ0) is 29.8. The maximum Gasteiger partial charge on any atom is 0.150 e. The van der Waals surface area contributed by atoms with Crippen molar-refractivity contribution < 1.29 is 9.84 Å². The van der Waals surface area contributed by atoms with Crippen LogP contribution in [0, 0.1) is 35.5 Å². The fraction of sp³-hybridized carbons (Fsp3) is 0.676. The third kappa shape index (κ3) is 7.46. The van der Waals surface area contributed by atoms with Gasteiger partial charge in [-0.15, -0.1) is 23.7 Å². The second-order valence-corrected chi connectivity index (χ2v) is 14.9. The molecule has 222 valence electrons. The van der Waals surface area contributed by atoms with E-state index >= 15 is 0 Å². The van der Waals surface area contributed by atoms with Gasteiger partial charge < -0.3 is 9.84 Å². The molecule has 2 aliphatic rings. The zero-order valence-corrected chi connectivity index (χ0v) is 27.8. The minimum atomic E-state index is -0.402. The molecule has 0 saturated carbocycles. The van der Waals surface area contributed by atoms with E-state index in [1.54, 1.807) is 23.1 Å². The van der Waals surface area contributed by atoms with Crippen molar-refractivity contribution in [3.8, 4) is 12.3 Å². The molecule has 2 fully saturated rings. The van der Waals surface area contributed by atoms with Crippen molar-refractivity contribution in [2.75, 3.05) is 12.8 Å². The van der Waals surface area contributed by atoms with Gasteiger partial charge in [0.1, 0.15) is 10.4 Å². The van der Waals surface area contributed by atoms with E-state index in [0.29, 0.717) is 6.04 Å². The van der Waals surface area contributed by atoms with Crippen molar-refractivity contribution >= 4 is 29.2 Å². The maximum atomic E-state index is 11.3. The lowest BCUT2D eigenvalue weighted by molar-refractivity contribution is 0.0588. The molecule has 0 aliphatic carbocycles. The van der Waals surface area contributed by atoms with Gasteiger partial charge in [0.15, 0.2) is 0 Å². The van der Waals surface area contributed by atoms with Gasteiger partial charge in [0.05, 0.1) is 17.6 Å². The third-order valence-corrected chi connectivity index (χ3v) is 11.9. The summed E-state index contributed by atoms with van der Waals surface area (Å²) in [6.07, 6.45) is 15.0. The third-order valence-electron chi connectivity index (χ3n) is 10.1. The van der Waals surface area contributed by atoms with E-state index in [4.69, 9.17) is 16.1 Å². The van der Waals surface area contributed by atoms with Crippen LogP contribution in [0.3, 0.4) is 0 Å². The summed E-state index contributed by atoms with van der Waals surface area (Å²) in [4.78, 5) is 7.32. The molecular weight excluding hydrogens is 533 g/mol. The molecule has 0 spiro atoms. The summed E-state index contributed by atoms with van der Waals surface area (Å²) in [5.41, 5.74) is 3.18. The highest BCUT2D eigenvalue weighted by molar-refractivity contribution is 8.00. The van der Waals surface area contributed by atoms with E-state index in [0.717, 1.165) is 66.4 Å². The summed E-state index contributed by atoms with van der Waals surface area (Å²) in [7, 11) is 0. The van der Waals surface area contributed by atoms with Gasteiger partial charge in [-0.25, -0.2) is 4.98 Å². The van der Waals surface area contributed by atoms with Crippen LogP contribution in [0.2, 0.25) is 0 Å². The number of fused-ring (bicyclic) bond motifs is 1. The summed E-state index contributed by atoms with van der Waals surface area (Å²) in [6.45, 7) is 25.4. The Labute approximate surface area is 252 Å². The first-order valence-electron chi connectivity index (χ1n) is 14.9. The Balaban J connectivity index is 1.94. The maximum absolute atomic E-state index is 11.3. The molecule has 0 aromatic carbocycles. The van der Waals surface area contributed by atoms with Gasteiger partial charge in [-0.3, -0.25) is 4.90 Å². The summed E-state index contributed by atoms with van der Waals surface area (Å²) >= 11 is 3.36. The minimum Gasteiger partial charge on any atom is -0.491 e. The van der Waals surface area contributed by atoms with Crippen LogP contribution in [0.4, 0.5) is 0 Å². The van der Waals surface area contributed by atoms with E-state index < -0.39 is 6.10 Å². The number of aromatic nitrogens is 1. The lowest BCUT2D eigenvalue weighted by Crippen LogP contribution is -2.35. The van der Waals surface area contributed by atoms with Gasteiger partial charge in [0.25, 0.3) is 0 Å². The Morgan fingerprint density at radius 2 is 2.02 bits per heavy atom. The first-order valence-corrected chi connectivity index (χ1v) is 17.0. The standard InChI is InChI=1S/C34H52N2O2S2/c1-12-13-17-36-30-20-29(23(3)18-28-21-40-32(35-28)39-11)38-25(5)19-24(4)33(8,9)27(7)26(6)31(37)22(2)15-14-16-34(30,36)10/h1,18,21-22,24,26,29-31,37H,5,7,13-17,19-20H2,2-4,6,8-11H3/b23-18+/t22-,24-,26-,29-,30-,31?,34+,36?/m0/s1. The van der Waals surface area contributed by atoms with Crippen LogP contribution in [-0.2, 0) is 4.74 Å². The normalized spacial score (nSPS) is 35.9. The molecule has 2 unspecified atom stereocenters. The number of ether oxygens (including phenoxy) is 1. The van der Waals surface area contributed by atoms with Crippen LogP contribution >= 0.6 is 23.1 Å². The fourth-order valence-corrected chi connectivity index (χ4v) is 7.78. The molecule has 8 atom stereocenters. The average molecular weight is 585 g/mol. The topological polar surface area (TPSA) is 45.4 Å². The number of thiazole rings is 1. The van der Waals surface area contributed by atoms with Crippen molar-refractivity contribution in [2.24, 2.45) is 23.2 Å². The summed E-state index contributed by atoms with van der Waals surface area (Å²) in [5.74, 6) is 4.14. The first kappa shape index (κ1) is 33.0. The minimum absolute atomic E-state index is 0.0214. The van der Waals surface area contributed by atoms with E-state index in [9.17, 15) is 5.11 Å². The van der Waals surface area contributed by atoms with Crippen molar-refractivity contribution in [1.29, 1.82) is 0 Å². The largest absolute Gasteiger partial charge is 0.491 e. The Hall–Kier alpha value is -1.52. The van der Waals surface area contributed by atoms with Crippen molar-refractivity contribution in [2.45, 2.75) is 115 Å². The van der Waals surface area contributed by atoms with Crippen LogP contribution in [0.25, 0.3) is 6.08 Å². The van der Waals surface area contributed by atoms with E-state index in [2.05, 4.69) is 90.2 Å². The molecule has 2 aliphatic heterocycles. The second-order valence-electron chi connectivity index (χ2n) is 13.0. The quantitative estimate of drug-likeness (QED) is 0.163. The first-order chi connectivity index (χ1) is 18.8. The van der Waals surface area contributed by atoms with Crippen LogP contribution in [-0.4, -0.2) is 51.6 Å². The van der Waals surface area contributed by atoms with Crippen LogP contribution in [0.5, 0.6) is 0 Å². The predicted octanol–water partition coefficient (Wildman–Crippen LogP) is 8.45. The second kappa shape index (κ2) is 13.6. The molecule has 0 radical (unpaired) electrons. The molecule has 4 nitrogen and oxygen atoms in total. The molecule has 3 heterocycles. The van der Waals surface area contributed by atoms with Crippen molar-refractivity contribution in [3.63, 3.8) is 0 Å². The molecule has 1 aromatic rings. The molecule has 2 saturated heterocycles. The van der Waals surface area contributed by atoms with Gasteiger partial charge >= 0.3 is 0 Å². The number of thioether (sulfide) groups is 1. The molecule has 1 N–H and O–H groups in total. The zero-order valence-electron chi connectivity index (χ0n) is 26.1. The van der Waals surface area contributed by atoms with Crippen LogP contribution < -0.4 is 0 Å². The number of allylic oxidation sites excluding steroid dienone is 1. The number of nitrogens with zero attached hydrogens (tertiary/aromatic N) is 2. The Morgan fingerprint density at radius 1 is 1.32 bits per heavy atom. The number of hydrogen-bond donors (Lipinski definition) is 1. The van der Waals surface area contributed by atoms with E-state index in [1.807, 2.05) is 0 Å². The highest BCUT2D eigenvalue weighted by Crippen LogP contribution is 2.49. The Kier molecular flexibility index (Phi) is 11.2. The average Bonchev–Trinajstić information content (AvgIpc) is 3.21. The lowest BCUT2D eigenvalue weighted by Gasteiger charge is -2.40. The highest BCUT2D eigenvalue weighted by Gasteiger charge is 2.58. The molecule has 0 amide bonds. The SMILES string of the molecule is C#CCCN1[C@H]2C[C@@H](/C(C)=C/c3csc(SC)n3)OC(=C)C[C@H](C)C(C)(C)C(=C)[C@H](C)C(O)[C@@H](C)CCC[C@]21C. The molecule has 0 bridgehead atoms. The smallest absolute Gasteiger partial charge is 0.150 e.